The molecule has 0 spiro atoms. The first kappa shape index (κ1) is 22.8. The van der Waals surface area contributed by atoms with Crippen molar-refractivity contribution < 1.29 is 8.91 Å². The van der Waals surface area contributed by atoms with E-state index in [0.29, 0.717) is 0 Å². The minimum atomic E-state index is -0.248. The molecule has 0 atom stereocenters. The van der Waals surface area contributed by atoms with Gasteiger partial charge in [-0.3, -0.25) is 0 Å². The van der Waals surface area contributed by atoms with E-state index in [2.05, 4.69) is 38.5 Å². The molecule has 0 N–H and O–H groups in total. The molecule has 4 aromatic rings. The predicted molar refractivity (Wildman–Crippen MR) is 132 cm³/mol. The number of aryl methyl sites for hydroxylation is 1. The quantitative estimate of drug-likeness (QED) is 0.270. The molecule has 0 saturated carbocycles. The molecule has 0 aliphatic carbocycles. The van der Waals surface area contributed by atoms with Gasteiger partial charge in [-0.2, -0.15) is 0 Å². The van der Waals surface area contributed by atoms with Crippen LogP contribution in [0.25, 0.3) is 22.6 Å². The van der Waals surface area contributed by atoms with Gasteiger partial charge in [0.05, 0.1) is 0 Å². The van der Waals surface area contributed by atoms with Gasteiger partial charge in [0.15, 0.2) is 11.0 Å². The second kappa shape index (κ2) is 10.1. The molecule has 6 nitrogen and oxygen atoms in total. The molecule has 3 heterocycles. The van der Waals surface area contributed by atoms with Gasteiger partial charge in [0.25, 0.3) is 0 Å². The molecule has 1 aliphatic rings. The van der Waals surface area contributed by atoms with Crippen molar-refractivity contribution in [2.75, 3.05) is 25.4 Å². The summed E-state index contributed by atoms with van der Waals surface area (Å²) >= 11 is 1.72. The fourth-order valence-electron chi connectivity index (χ4n) is 4.40. The lowest BCUT2D eigenvalue weighted by molar-refractivity contribution is 0.289. The van der Waals surface area contributed by atoms with Gasteiger partial charge in [-0.25, -0.2) is 4.39 Å². The largest absolute Gasteiger partial charge is 0.361 e. The molecule has 0 fully saturated rings. The van der Waals surface area contributed by atoms with Gasteiger partial charge in [-0.1, -0.05) is 29.1 Å². The number of fused-ring (bicyclic) bond motifs is 1. The maximum atomic E-state index is 13.2. The van der Waals surface area contributed by atoms with Crippen molar-refractivity contribution in [2.24, 2.45) is 7.05 Å². The van der Waals surface area contributed by atoms with E-state index in [1.807, 2.05) is 24.6 Å². The molecule has 1 aliphatic heterocycles. The Labute approximate surface area is 203 Å². The Morgan fingerprint density at radius 2 is 1.74 bits per heavy atom. The first-order chi connectivity index (χ1) is 16.6. The molecule has 0 amide bonds. The molecule has 0 saturated heterocycles. The van der Waals surface area contributed by atoms with E-state index in [4.69, 9.17) is 4.52 Å². The number of thioether (sulfide) groups is 1. The van der Waals surface area contributed by atoms with Gasteiger partial charge in [0.1, 0.15) is 17.3 Å². The lowest BCUT2D eigenvalue weighted by atomic mass is 9.99. The van der Waals surface area contributed by atoms with Crippen molar-refractivity contribution in [3.63, 3.8) is 0 Å². The Balaban J connectivity index is 1.12. The van der Waals surface area contributed by atoms with Gasteiger partial charge in [-0.05, 0) is 74.2 Å². The standard InChI is InChI=1S/C26H28FN5OS/c1-18-16-24(30-33-18)22-5-4-19-10-13-32(14-11-21(19)17-22)12-3-15-34-26-29-28-25(31(26)2)20-6-8-23(27)9-7-20/h4-9,16-17H,3,10-15H2,1-2H3. The second-order valence-electron chi connectivity index (χ2n) is 8.72. The van der Waals surface area contributed by atoms with Crippen molar-refractivity contribution in [1.29, 1.82) is 0 Å². The third kappa shape index (κ3) is 5.08. The van der Waals surface area contributed by atoms with Crippen LogP contribution in [0.2, 0.25) is 0 Å². The van der Waals surface area contributed by atoms with Gasteiger partial charge < -0.3 is 14.0 Å². The summed E-state index contributed by atoms with van der Waals surface area (Å²) in [4.78, 5) is 2.56. The molecule has 5 rings (SSSR count). The number of nitrogens with zero attached hydrogens (tertiary/aromatic N) is 5. The van der Waals surface area contributed by atoms with Crippen LogP contribution < -0.4 is 0 Å². The Hall–Kier alpha value is -2.97. The van der Waals surface area contributed by atoms with Crippen molar-refractivity contribution >= 4 is 11.8 Å². The van der Waals surface area contributed by atoms with Gasteiger partial charge in [0, 0.05) is 43.1 Å². The topological polar surface area (TPSA) is 60.0 Å². The lowest BCUT2D eigenvalue weighted by Gasteiger charge is -2.19. The third-order valence-electron chi connectivity index (χ3n) is 6.31. The zero-order valence-corrected chi connectivity index (χ0v) is 20.3. The van der Waals surface area contributed by atoms with E-state index in [-0.39, 0.29) is 5.82 Å². The Morgan fingerprint density at radius 1 is 0.971 bits per heavy atom. The van der Waals surface area contributed by atoms with E-state index in [9.17, 15) is 4.39 Å². The Kier molecular flexibility index (Phi) is 6.78. The van der Waals surface area contributed by atoms with Gasteiger partial charge in [0.2, 0.25) is 0 Å². The van der Waals surface area contributed by atoms with Crippen LogP contribution in [-0.2, 0) is 19.9 Å². The monoisotopic (exact) mass is 477 g/mol. The number of halogens is 1. The number of benzene rings is 2. The molecule has 0 unspecified atom stereocenters. The van der Waals surface area contributed by atoms with E-state index in [1.165, 1.54) is 23.3 Å². The summed E-state index contributed by atoms with van der Waals surface area (Å²) < 4.78 is 20.4. The van der Waals surface area contributed by atoms with Crippen LogP contribution in [0.1, 0.15) is 23.3 Å². The summed E-state index contributed by atoms with van der Waals surface area (Å²) in [5.74, 6) is 2.33. The third-order valence-corrected chi connectivity index (χ3v) is 7.42. The summed E-state index contributed by atoms with van der Waals surface area (Å²) in [5.41, 5.74) is 5.76. The highest BCUT2D eigenvalue weighted by Gasteiger charge is 2.16. The molecular weight excluding hydrogens is 449 g/mol. The number of hydrogen-bond donors (Lipinski definition) is 0. The van der Waals surface area contributed by atoms with Crippen LogP contribution in [0.5, 0.6) is 0 Å². The molecule has 0 bridgehead atoms. The SMILES string of the molecule is Cc1cc(-c2ccc3c(c2)CCN(CCCSc2nnc(-c4ccc(F)cc4)n2C)CC3)no1. The smallest absolute Gasteiger partial charge is 0.191 e. The zero-order valence-electron chi connectivity index (χ0n) is 19.5. The van der Waals surface area contributed by atoms with E-state index in [1.54, 1.807) is 23.9 Å². The number of aromatic nitrogens is 4. The van der Waals surface area contributed by atoms with Crippen molar-refractivity contribution in [1.82, 2.24) is 24.8 Å². The molecule has 8 heteroatoms. The van der Waals surface area contributed by atoms with Crippen LogP contribution in [0.3, 0.4) is 0 Å². The van der Waals surface area contributed by atoms with E-state index < -0.39 is 0 Å². The summed E-state index contributed by atoms with van der Waals surface area (Å²) in [7, 11) is 1.96. The molecule has 0 radical (unpaired) electrons. The second-order valence-corrected chi connectivity index (χ2v) is 9.78. The first-order valence-corrected chi connectivity index (χ1v) is 12.6. The van der Waals surface area contributed by atoms with Crippen molar-refractivity contribution in [3.05, 3.63) is 71.2 Å². The highest BCUT2D eigenvalue weighted by molar-refractivity contribution is 7.99. The summed E-state index contributed by atoms with van der Waals surface area (Å²) in [6.45, 7) is 5.14. The van der Waals surface area contributed by atoms with Gasteiger partial charge in [-0.15, -0.1) is 10.2 Å². The van der Waals surface area contributed by atoms with Crippen LogP contribution in [0.15, 0.2) is 58.2 Å². The fourth-order valence-corrected chi connectivity index (χ4v) is 5.23. The molecule has 2 aromatic heterocycles. The van der Waals surface area contributed by atoms with Crippen LogP contribution in [0.4, 0.5) is 4.39 Å². The normalized spacial score (nSPS) is 14.2. The molecule has 176 valence electrons. The van der Waals surface area contributed by atoms with E-state index >= 15 is 0 Å². The van der Waals surface area contributed by atoms with Crippen LogP contribution >= 0.6 is 11.8 Å². The van der Waals surface area contributed by atoms with Gasteiger partial charge >= 0.3 is 0 Å². The Bertz CT molecular complexity index is 1270. The minimum absolute atomic E-state index is 0.248. The molecule has 2 aromatic carbocycles. The summed E-state index contributed by atoms with van der Waals surface area (Å²) in [5, 5.41) is 13.7. The average Bonchev–Trinajstić information content (AvgIpc) is 3.37. The van der Waals surface area contributed by atoms with E-state index in [0.717, 1.165) is 78.2 Å². The lowest BCUT2D eigenvalue weighted by Crippen LogP contribution is -2.27. The Morgan fingerprint density at radius 3 is 2.50 bits per heavy atom. The summed E-state index contributed by atoms with van der Waals surface area (Å²) in [6.07, 6.45) is 3.21. The molecule has 34 heavy (non-hydrogen) atoms. The minimum Gasteiger partial charge on any atom is -0.361 e. The zero-order chi connectivity index (χ0) is 23.5. The maximum absolute atomic E-state index is 13.2. The first-order valence-electron chi connectivity index (χ1n) is 11.6. The average molecular weight is 478 g/mol. The van der Waals surface area contributed by atoms with Crippen molar-refractivity contribution in [2.45, 2.75) is 31.3 Å². The highest BCUT2D eigenvalue weighted by atomic mass is 32.2. The predicted octanol–water partition coefficient (Wildman–Crippen LogP) is 5.17. The molecular formula is C26H28FN5OS. The van der Waals surface area contributed by atoms with Crippen LogP contribution in [-0.4, -0.2) is 50.2 Å². The fraction of sp³-hybridized carbons (Fsp3) is 0.346. The number of hydrogen-bond acceptors (Lipinski definition) is 6. The van der Waals surface area contributed by atoms with Crippen molar-refractivity contribution in [3.8, 4) is 22.6 Å². The number of rotatable bonds is 7. The van der Waals surface area contributed by atoms with Crippen LogP contribution in [0, 0.1) is 12.7 Å². The highest BCUT2D eigenvalue weighted by Crippen LogP contribution is 2.26. The summed E-state index contributed by atoms with van der Waals surface area (Å²) in [6, 6.07) is 15.0. The maximum Gasteiger partial charge on any atom is 0.191 e.